The molecule has 4 nitrogen and oxygen atoms in total. The summed E-state index contributed by atoms with van der Waals surface area (Å²) in [5.41, 5.74) is 3.02. The Morgan fingerprint density at radius 2 is 1.76 bits per heavy atom. The number of benzene rings is 2. The van der Waals surface area contributed by atoms with E-state index in [1.165, 1.54) is 0 Å². The molecule has 0 bridgehead atoms. The van der Waals surface area contributed by atoms with Crippen LogP contribution in [0.5, 0.6) is 0 Å². The Balaban J connectivity index is 1.77. The van der Waals surface area contributed by atoms with E-state index in [0.29, 0.717) is 11.6 Å². The number of amides is 2. The van der Waals surface area contributed by atoms with Gasteiger partial charge in [-0.3, -0.25) is 9.59 Å². The minimum atomic E-state index is -0.539. The van der Waals surface area contributed by atoms with Crippen LogP contribution in [-0.4, -0.2) is 28.8 Å². The highest BCUT2D eigenvalue weighted by atomic mass is 35.5. The van der Waals surface area contributed by atoms with Crippen LogP contribution < -0.4 is 5.32 Å². The summed E-state index contributed by atoms with van der Waals surface area (Å²) in [5, 5.41) is 3.78. The summed E-state index contributed by atoms with van der Waals surface area (Å²) in [6, 6.07) is 15.0. The van der Waals surface area contributed by atoms with Gasteiger partial charge in [-0.15, -0.1) is 0 Å². The molecule has 2 aromatic carbocycles. The van der Waals surface area contributed by atoms with Gasteiger partial charge in [-0.2, -0.15) is 0 Å². The summed E-state index contributed by atoms with van der Waals surface area (Å²) in [7, 11) is 0. The van der Waals surface area contributed by atoms with E-state index >= 15 is 0 Å². The van der Waals surface area contributed by atoms with Crippen LogP contribution >= 0.6 is 11.6 Å². The molecule has 0 aromatic heterocycles. The molecular weight excluding hydrogens is 384 g/mol. The standard InChI is InChI=1S/C24H29ClN2O2/c1-17-7-3-4-8-20(17)15-23(28)27(16-19-11-13-21(25)14-12-19)18(2)24(29)26-22-9-5-6-10-22/h3-4,7-8,11-14,18,22H,5-6,9-10,15-16H2,1-2H3,(H,26,29)/t18-/m1/s1. The van der Waals surface area contributed by atoms with Gasteiger partial charge in [-0.05, 0) is 55.5 Å². The van der Waals surface area contributed by atoms with E-state index in [0.717, 1.165) is 42.4 Å². The molecule has 0 spiro atoms. The van der Waals surface area contributed by atoms with Crippen molar-refractivity contribution in [2.75, 3.05) is 0 Å². The average molecular weight is 413 g/mol. The molecule has 1 N–H and O–H groups in total. The topological polar surface area (TPSA) is 49.4 Å². The summed E-state index contributed by atoms with van der Waals surface area (Å²) in [5.74, 6) is -0.132. The number of nitrogens with zero attached hydrogens (tertiary/aromatic N) is 1. The van der Waals surface area contributed by atoms with E-state index in [1.807, 2.05) is 62.4 Å². The zero-order valence-corrected chi connectivity index (χ0v) is 17.9. The molecule has 1 aliphatic carbocycles. The molecule has 0 radical (unpaired) electrons. The molecule has 0 heterocycles. The Morgan fingerprint density at radius 3 is 2.41 bits per heavy atom. The maximum absolute atomic E-state index is 13.2. The molecule has 1 fully saturated rings. The Bertz CT molecular complexity index is 844. The number of hydrogen-bond donors (Lipinski definition) is 1. The molecule has 1 atom stereocenters. The average Bonchev–Trinajstić information content (AvgIpc) is 3.21. The molecule has 0 aliphatic heterocycles. The Hall–Kier alpha value is -2.33. The van der Waals surface area contributed by atoms with Crippen LogP contribution in [-0.2, 0) is 22.6 Å². The van der Waals surface area contributed by atoms with Gasteiger partial charge in [0.05, 0.1) is 6.42 Å². The van der Waals surface area contributed by atoms with Crippen molar-refractivity contribution in [3.63, 3.8) is 0 Å². The quantitative estimate of drug-likeness (QED) is 0.718. The number of aryl methyl sites for hydroxylation is 1. The molecule has 0 saturated heterocycles. The van der Waals surface area contributed by atoms with Crippen molar-refractivity contribution in [3.8, 4) is 0 Å². The Morgan fingerprint density at radius 1 is 1.10 bits per heavy atom. The van der Waals surface area contributed by atoms with Crippen molar-refractivity contribution in [3.05, 3.63) is 70.2 Å². The summed E-state index contributed by atoms with van der Waals surface area (Å²) in [6.45, 7) is 4.19. The highest BCUT2D eigenvalue weighted by Crippen LogP contribution is 2.19. The van der Waals surface area contributed by atoms with E-state index in [4.69, 9.17) is 11.6 Å². The molecule has 2 amide bonds. The second-order valence-electron chi connectivity index (χ2n) is 7.92. The number of hydrogen-bond acceptors (Lipinski definition) is 2. The molecule has 0 unspecified atom stereocenters. The summed E-state index contributed by atoms with van der Waals surface area (Å²) < 4.78 is 0. The van der Waals surface area contributed by atoms with Crippen LogP contribution in [0.25, 0.3) is 0 Å². The smallest absolute Gasteiger partial charge is 0.242 e. The minimum Gasteiger partial charge on any atom is -0.352 e. The molecule has 1 saturated carbocycles. The Labute approximate surface area is 178 Å². The lowest BCUT2D eigenvalue weighted by molar-refractivity contribution is -0.140. The van der Waals surface area contributed by atoms with Crippen LogP contribution in [0, 0.1) is 6.92 Å². The lowest BCUT2D eigenvalue weighted by Gasteiger charge is -2.30. The monoisotopic (exact) mass is 412 g/mol. The van der Waals surface area contributed by atoms with Crippen molar-refractivity contribution in [1.82, 2.24) is 10.2 Å². The van der Waals surface area contributed by atoms with Gasteiger partial charge in [0.1, 0.15) is 6.04 Å². The highest BCUT2D eigenvalue weighted by Gasteiger charge is 2.28. The third kappa shape index (κ3) is 5.83. The second kappa shape index (κ2) is 9.93. The van der Waals surface area contributed by atoms with Gasteiger partial charge in [0.15, 0.2) is 0 Å². The predicted molar refractivity (Wildman–Crippen MR) is 117 cm³/mol. The normalized spacial score (nSPS) is 15.1. The molecule has 29 heavy (non-hydrogen) atoms. The van der Waals surface area contributed by atoms with Crippen molar-refractivity contribution < 1.29 is 9.59 Å². The molecule has 3 rings (SSSR count). The predicted octanol–water partition coefficient (Wildman–Crippen LogP) is 4.67. The highest BCUT2D eigenvalue weighted by molar-refractivity contribution is 6.30. The van der Waals surface area contributed by atoms with E-state index in [9.17, 15) is 9.59 Å². The lowest BCUT2D eigenvalue weighted by Crippen LogP contribution is -2.50. The van der Waals surface area contributed by atoms with Gasteiger partial charge in [0.25, 0.3) is 0 Å². The first-order chi connectivity index (χ1) is 13.9. The number of nitrogens with one attached hydrogen (secondary N) is 1. The number of carbonyl (C=O) groups excluding carboxylic acids is 2. The van der Waals surface area contributed by atoms with Crippen molar-refractivity contribution in [2.24, 2.45) is 0 Å². The SMILES string of the molecule is Cc1ccccc1CC(=O)N(Cc1ccc(Cl)cc1)[C@H](C)C(=O)NC1CCCC1. The van der Waals surface area contributed by atoms with E-state index in [2.05, 4.69) is 5.32 Å². The molecular formula is C24H29ClN2O2. The van der Waals surface area contributed by atoms with Crippen molar-refractivity contribution in [2.45, 2.75) is 64.6 Å². The fourth-order valence-corrected chi connectivity index (χ4v) is 3.96. The van der Waals surface area contributed by atoms with Gasteiger partial charge in [0.2, 0.25) is 11.8 Å². The third-order valence-electron chi connectivity index (χ3n) is 5.74. The summed E-state index contributed by atoms with van der Waals surface area (Å²) in [4.78, 5) is 27.8. The van der Waals surface area contributed by atoms with Crippen LogP contribution in [0.2, 0.25) is 5.02 Å². The van der Waals surface area contributed by atoms with E-state index < -0.39 is 6.04 Å². The van der Waals surface area contributed by atoms with Crippen LogP contribution in [0.15, 0.2) is 48.5 Å². The number of halogens is 1. The van der Waals surface area contributed by atoms with Crippen molar-refractivity contribution >= 4 is 23.4 Å². The minimum absolute atomic E-state index is 0.0525. The first-order valence-electron chi connectivity index (χ1n) is 10.3. The first kappa shape index (κ1) is 21.4. The molecule has 154 valence electrons. The summed E-state index contributed by atoms with van der Waals surface area (Å²) >= 11 is 6.00. The van der Waals surface area contributed by atoms with Gasteiger partial charge < -0.3 is 10.2 Å². The third-order valence-corrected chi connectivity index (χ3v) is 5.99. The second-order valence-corrected chi connectivity index (χ2v) is 8.35. The van der Waals surface area contributed by atoms with Gasteiger partial charge in [0, 0.05) is 17.6 Å². The van der Waals surface area contributed by atoms with Crippen LogP contribution in [0.3, 0.4) is 0 Å². The number of rotatable bonds is 7. The van der Waals surface area contributed by atoms with Crippen molar-refractivity contribution in [1.29, 1.82) is 0 Å². The summed E-state index contributed by atoms with van der Waals surface area (Å²) in [6.07, 6.45) is 4.63. The maximum atomic E-state index is 13.2. The van der Waals surface area contributed by atoms with Gasteiger partial charge >= 0.3 is 0 Å². The zero-order chi connectivity index (χ0) is 20.8. The first-order valence-corrected chi connectivity index (χ1v) is 10.7. The fourth-order valence-electron chi connectivity index (χ4n) is 3.83. The van der Waals surface area contributed by atoms with Crippen LogP contribution in [0.1, 0.15) is 49.3 Å². The molecule has 2 aromatic rings. The lowest BCUT2D eigenvalue weighted by atomic mass is 10.0. The fraction of sp³-hybridized carbons (Fsp3) is 0.417. The molecule has 5 heteroatoms. The van der Waals surface area contributed by atoms with E-state index in [1.54, 1.807) is 4.90 Å². The zero-order valence-electron chi connectivity index (χ0n) is 17.2. The van der Waals surface area contributed by atoms with Gasteiger partial charge in [-0.1, -0.05) is 60.8 Å². The molecule has 1 aliphatic rings. The number of carbonyl (C=O) groups is 2. The van der Waals surface area contributed by atoms with Gasteiger partial charge in [-0.25, -0.2) is 0 Å². The van der Waals surface area contributed by atoms with Crippen LogP contribution in [0.4, 0.5) is 0 Å². The Kier molecular flexibility index (Phi) is 7.32. The largest absolute Gasteiger partial charge is 0.352 e. The van der Waals surface area contributed by atoms with E-state index in [-0.39, 0.29) is 24.3 Å². The maximum Gasteiger partial charge on any atom is 0.242 e.